The molecule has 0 atom stereocenters. The highest BCUT2D eigenvalue weighted by atomic mass is 16.5. The number of ether oxygens (including phenoxy) is 2. The van der Waals surface area contributed by atoms with Gasteiger partial charge in [-0.3, -0.25) is 4.79 Å². The molecule has 5 nitrogen and oxygen atoms in total. The number of rotatable bonds is 4. The van der Waals surface area contributed by atoms with Crippen LogP contribution in [0.1, 0.15) is 48.9 Å². The zero-order valence-corrected chi connectivity index (χ0v) is 12.6. The van der Waals surface area contributed by atoms with Crippen molar-refractivity contribution in [3.63, 3.8) is 0 Å². The van der Waals surface area contributed by atoms with Gasteiger partial charge >= 0.3 is 0 Å². The van der Waals surface area contributed by atoms with Crippen molar-refractivity contribution >= 4 is 11.6 Å². The van der Waals surface area contributed by atoms with E-state index >= 15 is 0 Å². The number of hydrogen-bond donors (Lipinski definition) is 1. The first-order chi connectivity index (χ1) is 10.2. The molecule has 0 aromatic heterocycles. The van der Waals surface area contributed by atoms with Crippen molar-refractivity contribution < 1.29 is 14.3 Å². The monoisotopic (exact) mass is 290 g/mol. The van der Waals surface area contributed by atoms with Crippen LogP contribution in [0.2, 0.25) is 0 Å². The summed E-state index contributed by atoms with van der Waals surface area (Å²) < 4.78 is 10.4. The Kier molecular flexibility index (Phi) is 5.60. The SMILES string of the molecule is COc1ccc(C(=O)NN=C2CCCCCC2)cc1OC. The molecule has 5 heteroatoms. The summed E-state index contributed by atoms with van der Waals surface area (Å²) in [4.78, 5) is 12.1. The quantitative estimate of drug-likeness (QED) is 0.684. The van der Waals surface area contributed by atoms with Crippen LogP contribution < -0.4 is 14.9 Å². The summed E-state index contributed by atoms with van der Waals surface area (Å²) in [6, 6.07) is 5.07. The maximum atomic E-state index is 12.1. The van der Waals surface area contributed by atoms with Gasteiger partial charge in [0.05, 0.1) is 14.2 Å². The van der Waals surface area contributed by atoms with Gasteiger partial charge in [-0.2, -0.15) is 5.10 Å². The number of nitrogens with zero attached hydrogens (tertiary/aromatic N) is 1. The lowest BCUT2D eigenvalue weighted by Gasteiger charge is -2.09. The van der Waals surface area contributed by atoms with Crippen LogP contribution in [0.5, 0.6) is 11.5 Å². The predicted octanol–water partition coefficient (Wildman–Crippen LogP) is 3.14. The second kappa shape index (κ2) is 7.67. The summed E-state index contributed by atoms with van der Waals surface area (Å²) in [7, 11) is 3.11. The molecule has 0 radical (unpaired) electrons. The largest absolute Gasteiger partial charge is 0.493 e. The lowest BCUT2D eigenvalue weighted by Crippen LogP contribution is -2.19. The van der Waals surface area contributed by atoms with Crippen LogP contribution in [0.3, 0.4) is 0 Å². The lowest BCUT2D eigenvalue weighted by atomic mass is 10.2. The van der Waals surface area contributed by atoms with E-state index in [-0.39, 0.29) is 5.91 Å². The van der Waals surface area contributed by atoms with Crippen LogP contribution >= 0.6 is 0 Å². The van der Waals surface area contributed by atoms with E-state index in [0.29, 0.717) is 17.1 Å². The van der Waals surface area contributed by atoms with Crippen LogP contribution in [0.25, 0.3) is 0 Å². The number of nitrogens with one attached hydrogen (secondary N) is 1. The van der Waals surface area contributed by atoms with Crippen molar-refractivity contribution in [3.8, 4) is 11.5 Å². The van der Waals surface area contributed by atoms with Crippen molar-refractivity contribution in [2.24, 2.45) is 5.10 Å². The summed E-state index contributed by atoms with van der Waals surface area (Å²) in [5, 5.41) is 4.26. The first-order valence-electron chi connectivity index (χ1n) is 7.32. The molecule has 1 N–H and O–H groups in total. The van der Waals surface area contributed by atoms with E-state index in [1.54, 1.807) is 32.4 Å². The van der Waals surface area contributed by atoms with E-state index in [9.17, 15) is 4.79 Å². The van der Waals surface area contributed by atoms with E-state index in [1.165, 1.54) is 12.8 Å². The third kappa shape index (κ3) is 4.21. The molecule has 21 heavy (non-hydrogen) atoms. The normalized spacial score (nSPS) is 15.0. The molecule has 1 amide bonds. The van der Waals surface area contributed by atoms with Crippen LogP contribution in [0.4, 0.5) is 0 Å². The van der Waals surface area contributed by atoms with E-state index in [4.69, 9.17) is 9.47 Å². The van der Waals surface area contributed by atoms with Crippen molar-refractivity contribution in [2.45, 2.75) is 38.5 Å². The summed E-state index contributed by atoms with van der Waals surface area (Å²) in [5.74, 6) is 0.907. The fourth-order valence-electron chi connectivity index (χ4n) is 2.42. The van der Waals surface area contributed by atoms with Gasteiger partial charge in [-0.25, -0.2) is 5.43 Å². The molecule has 0 unspecified atom stereocenters. The fraction of sp³-hybridized carbons (Fsp3) is 0.500. The molecular formula is C16H22N2O3. The predicted molar refractivity (Wildman–Crippen MR) is 82.1 cm³/mol. The molecule has 1 aromatic rings. The number of hydrogen-bond acceptors (Lipinski definition) is 4. The van der Waals surface area contributed by atoms with Gasteiger partial charge in [-0.05, 0) is 43.9 Å². The molecule has 1 aliphatic carbocycles. The van der Waals surface area contributed by atoms with Crippen molar-refractivity contribution in [3.05, 3.63) is 23.8 Å². The van der Waals surface area contributed by atoms with Crippen molar-refractivity contribution in [1.82, 2.24) is 5.43 Å². The smallest absolute Gasteiger partial charge is 0.271 e. The molecule has 0 bridgehead atoms. The maximum Gasteiger partial charge on any atom is 0.271 e. The second-order valence-electron chi connectivity index (χ2n) is 5.10. The maximum absolute atomic E-state index is 12.1. The third-order valence-electron chi connectivity index (χ3n) is 3.64. The Balaban J connectivity index is 2.04. The van der Waals surface area contributed by atoms with Crippen LogP contribution in [0, 0.1) is 0 Å². The average Bonchev–Trinajstić information content (AvgIpc) is 2.80. The Bertz CT molecular complexity index is 516. The number of amides is 1. The number of carbonyl (C=O) groups is 1. The first-order valence-corrected chi connectivity index (χ1v) is 7.32. The Morgan fingerprint density at radius 3 is 2.33 bits per heavy atom. The van der Waals surface area contributed by atoms with Crippen LogP contribution in [-0.4, -0.2) is 25.8 Å². The van der Waals surface area contributed by atoms with Gasteiger partial charge in [0.25, 0.3) is 5.91 Å². The molecule has 0 aliphatic heterocycles. The third-order valence-corrected chi connectivity index (χ3v) is 3.64. The standard InChI is InChI=1S/C16H22N2O3/c1-20-14-10-9-12(11-15(14)21-2)16(19)18-17-13-7-5-3-4-6-8-13/h9-11H,3-8H2,1-2H3,(H,18,19). The second-order valence-corrected chi connectivity index (χ2v) is 5.10. The average molecular weight is 290 g/mol. The molecule has 0 heterocycles. The summed E-state index contributed by atoms with van der Waals surface area (Å²) in [5.41, 5.74) is 4.23. The zero-order valence-electron chi connectivity index (χ0n) is 12.6. The number of methoxy groups -OCH3 is 2. The summed E-state index contributed by atoms with van der Waals surface area (Å²) in [6.07, 6.45) is 6.78. The van der Waals surface area contributed by atoms with E-state index < -0.39 is 0 Å². The molecule has 1 aromatic carbocycles. The van der Waals surface area contributed by atoms with Gasteiger partial charge < -0.3 is 9.47 Å². The lowest BCUT2D eigenvalue weighted by molar-refractivity contribution is 0.0954. The van der Waals surface area contributed by atoms with E-state index in [2.05, 4.69) is 10.5 Å². The number of benzene rings is 1. The van der Waals surface area contributed by atoms with Crippen molar-refractivity contribution in [1.29, 1.82) is 0 Å². The highest BCUT2D eigenvalue weighted by Gasteiger charge is 2.11. The minimum absolute atomic E-state index is 0.229. The highest BCUT2D eigenvalue weighted by molar-refractivity contribution is 5.96. The van der Waals surface area contributed by atoms with Crippen LogP contribution in [-0.2, 0) is 0 Å². The fourth-order valence-corrected chi connectivity index (χ4v) is 2.42. The van der Waals surface area contributed by atoms with Crippen LogP contribution in [0.15, 0.2) is 23.3 Å². The molecule has 0 spiro atoms. The molecular weight excluding hydrogens is 268 g/mol. The molecule has 2 rings (SSSR count). The van der Waals surface area contributed by atoms with E-state index in [0.717, 1.165) is 31.4 Å². The van der Waals surface area contributed by atoms with Gasteiger partial charge in [0, 0.05) is 11.3 Å². The topological polar surface area (TPSA) is 59.9 Å². The number of carbonyl (C=O) groups excluding carboxylic acids is 1. The van der Waals surface area contributed by atoms with E-state index in [1.807, 2.05) is 0 Å². The molecule has 1 aliphatic rings. The van der Waals surface area contributed by atoms with Crippen molar-refractivity contribution in [2.75, 3.05) is 14.2 Å². The van der Waals surface area contributed by atoms with Gasteiger partial charge in [-0.15, -0.1) is 0 Å². The molecule has 0 saturated heterocycles. The Morgan fingerprint density at radius 2 is 1.71 bits per heavy atom. The Hall–Kier alpha value is -2.04. The summed E-state index contributed by atoms with van der Waals surface area (Å²) >= 11 is 0. The van der Waals surface area contributed by atoms with Gasteiger partial charge in [0.2, 0.25) is 0 Å². The summed E-state index contributed by atoms with van der Waals surface area (Å²) in [6.45, 7) is 0. The Labute approximate surface area is 125 Å². The molecule has 1 saturated carbocycles. The first kappa shape index (κ1) is 15.4. The highest BCUT2D eigenvalue weighted by Crippen LogP contribution is 2.27. The minimum Gasteiger partial charge on any atom is -0.493 e. The van der Waals surface area contributed by atoms with Gasteiger partial charge in [0.15, 0.2) is 11.5 Å². The van der Waals surface area contributed by atoms with Gasteiger partial charge in [-0.1, -0.05) is 12.8 Å². The molecule has 1 fully saturated rings. The Morgan fingerprint density at radius 1 is 1.05 bits per heavy atom. The molecule has 114 valence electrons. The zero-order chi connectivity index (χ0) is 15.1. The minimum atomic E-state index is -0.229. The van der Waals surface area contributed by atoms with Gasteiger partial charge in [0.1, 0.15) is 0 Å². The number of hydrazone groups is 1.